The van der Waals surface area contributed by atoms with Gasteiger partial charge in [0, 0.05) is 0 Å². The Morgan fingerprint density at radius 3 is 2.15 bits per heavy atom. The number of rotatable bonds is 3. The van der Waals surface area contributed by atoms with Crippen molar-refractivity contribution in [3.8, 4) is 0 Å². The molecule has 7 heteroatoms. The van der Waals surface area contributed by atoms with Crippen molar-refractivity contribution in [1.29, 1.82) is 0 Å². The van der Waals surface area contributed by atoms with Gasteiger partial charge in [-0.3, -0.25) is 0 Å². The Morgan fingerprint density at radius 2 is 1.75 bits per heavy atom. The van der Waals surface area contributed by atoms with Crippen molar-refractivity contribution in [3.63, 3.8) is 0 Å². The van der Waals surface area contributed by atoms with Gasteiger partial charge in [0.15, 0.2) is 0 Å². The van der Waals surface area contributed by atoms with E-state index in [0.717, 1.165) is 0 Å². The Kier molecular flexibility index (Phi) is 4.69. The number of esters is 1. The second-order valence-corrected chi connectivity index (χ2v) is 6.06. The standard InChI is InChI=1S/C13H15Cl2NO4/c1-12(2,3)20-11(19)13(16,10(17)18)7-4-5-8(14)9(15)6-7/h4-6H,16H2,1-3H3,(H,17,18). The molecule has 20 heavy (non-hydrogen) atoms. The van der Waals surface area contributed by atoms with Crippen molar-refractivity contribution in [2.75, 3.05) is 0 Å². The molecule has 1 unspecified atom stereocenters. The normalized spacial score (nSPS) is 14.5. The van der Waals surface area contributed by atoms with E-state index in [9.17, 15) is 14.7 Å². The molecule has 0 radical (unpaired) electrons. The van der Waals surface area contributed by atoms with Crippen LogP contribution >= 0.6 is 23.2 Å². The van der Waals surface area contributed by atoms with Crippen molar-refractivity contribution in [3.05, 3.63) is 33.8 Å². The molecule has 0 amide bonds. The predicted octanol–water partition coefficient (Wildman–Crippen LogP) is 2.57. The highest BCUT2D eigenvalue weighted by Gasteiger charge is 2.47. The number of aliphatic carboxylic acids is 1. The maximum atomic E-state index is 12.1. The molecule has 0 heterocycles. The van der Waals surface area contributed by atoms with E-state index in [4.69, 9.17) is 33.7 Å². The summed E-state index contributed by atoms with van der Waals surface area (Å²) in [6, 6.07) is 3.93. The molecule has 110 valence electrons. The number of ether oxygens (including phenoxy) is 1. The third-order valence-corrected chi connectivity index (χ3v) is 3.17. The first-order valence-electron chi connectivity index (χ1n) is 5.69. The molecule has 3 N–H and O–H groups in total. The Bertz CT molecular complexity index is 554. The van der Waals surface area contributed by atoms with Gasteiger partial charge < -0.3 is 15.6 Å². The zero-order valence-corrected chi connectivity index (χ0v) is 12.7. The van der Waals surface area contributed by atoms with E-state index in [1.165, 1.54) is 18.2 Å². The van der Waals surface area contributed by atoms with Crippen LogP contribution < -0.4 is 5.73 Å². The van der Waals surface area contributed by atoms with Crippen molar-refractivity contribution in [1.82, 2.24) is 0 Å². The summed E-state index contributed by atoms with van der Waals surface area (Å²) in [6.45, 7) is 4.84. The number of halogens is 2. The molecule has 1 aromatic carbocycles. The summed E-state index contributed by atoms with van der Waals surface area (Å²) in [5, 5.41) is 9.64. The first-order valence-corrected chi connectivity index (χ1v) is 6.45. The van der Waals surface area contributed by atoms with Crippen molar-refractivity contribution >= 4 is 35.1 Å². The molecule has 0 aliphatic carbocycles. The van der Waals surface area contributed by atoms with E-state index in [1.807, 2.05) is 0 Å². The second-order valence-electron chi connectivity index (χ2n) is 5.24. The highest BCUT2D eigenvalue weighted by atomic mass is 35.5. The van der Waals surface area contributed by atoms with E-state index in [2.05, 4.69) is 0 Å². The molecule has 5 nitrogen and oxygen atoms in total. The maximum absolute atomic E-state index is 12.1. The number of hydrogen-bond acceptors (Lipinski definition) is 4. The number of carboxylic acids is 1. The fourth-order valence-electron chi connectivity index (χ4n) is 1.43. The SMILES string of the molecule is CC(C)(C)OC(=O)C(N)(C(=O)O)c1ccc(Cl)c(Cl)c1. The minimum atomic E-state index is -2.35. The summed E-state index contributed by atoms with van der Waals surface area (Å²) in [6.07, 6.45) is 0. The highest BCUT2D eigenvalue weighted by Crippen LogP contribution is 2.29. The highest BCUT2D eigenvalue weighted by molar-refractivity contribution is 6.42. The minimum Gasteiger partial charge on any atom is -0.479 e. The average Bonchev–Trinajstić information content (AvgIpc) is 2.29. The second kappa shape index (κ2) is 5.60. The zero-order chi connectivity index (χ0) is 15.7. The van der Waals surface area contributed by atoms with Crippen LogP contribution in [0.1, 0.15) is 26.3 Å². The van der Waals surface area contributed by atoms with Crippen LogP contribution in [0.5, 0.6) is 0 Å². The van der Waals surface area contributed by atoms with Crippen molar-refractivity contribution in [2.45, 2.75) is 31.9 Å². The third-order valence-electron chi connectivity index (χ3n) is 2.43. The van der Waals surface area contributed by atoms with Crippen LogP contribution in [0, 0.1) is 0 Å². The van der Waals surface area contributed by atoms with E-state index in [-0.39, 0.29) is 15.6 Å². The lowest BCUT2D eigenvalue weighted by molar-refractivity contribution is -0.169. The molecular weight excluding hydrogens is 305 g/mol. The topological polar surface area (TPSA) is 89.6 Å². The first kappa shape index (κ1) is 16.8. The number of nitrogens with two attached hydrogens (primary N) is 1. The van der Waals surface area contributed by atoms with E-state index < -0.39 is 23.1 Å². The lowest BCUT2D eigenvalue weighted by atomic mass is 9.91. The molecule has 0 bridgehead atoms. The quantitative estimate of drug-likeness (QED) is 0.660. The summed E-state index contributed by atoms with van der Waals surface area (Å²) in [5.41, 5.74) is 2.54. The van der Waals surface area contributed by atoms with Gasteiger partial charge in [-0.25, -0.2) is 9.59 Å². The molecule has 0 aromatic heterocycles. The monoisotopic (exact) mass is 319 g/mol. The molecule has 0 spiro atoms. The van der Waals surface area contributed by atoms with Crippen molar-refractivity contribution < 1.29 is 19.4 Å². The van der Waals surface area contributed by atoms with Crippen LogP contribution in [0.25, 0.3) is 0 Å². The van der Waals surface area contributed by atoms with Gasteiger partial charge in [0.1, 0.15) is 5.60 Å². The first-order chi connectivity index (χ1) is 8.98. The number of hydrogen-bond donors (Lipinski definition) is 2. The van der Waals surface area contributed by atoms with Crippen LogP contribution in [0.2, 0.25) is 10.0 Å². The molecule has 0 saturated carbocycles. The van der Waals surface area contributed by atoms with Crippen LogP contribution in [-0.4, -0.2) is 22.6 Å². The molecule has 1 rings (SSSR count). The lowest BCUT2D eigenvalue weighted by Gasteiger charge is -2.28. The van der Waals surface area contributed by atoms with E-state index in [0.29, 0.717) is 0 Å². The summed E-state index contributed by atoms with van der Waals surface area (Å²) in [4.78, 5) is 23.6. The van der Waals surface area contributed by atoms with Gasteiger partial charge in [-0.2, -0.15) is 0 Å². The zero-order valence-electron chi connectivity index (χ0n) is 11.2. The number of carbonyl (C=O) groups is 2. The van der Waals surface area contributed by atoms with Crippen LogP contribution in [0.15, 0.2) is 18.2 Å². The van der Waals surface area contributed by atoms with Gasteiger partial charge in [-0.15, -0.1) is 0 Å². The smallest absolute Gasteiger partial charge is 0.343 e. The number of benzene rings is 1. The lowest BCUT2D eigenvalue weighted by Crippen LogP contribution is -2.54. The molecule has 0 aliphatic heterocycles. The molecular formula is C13H15Cl2NO4. The Balaban J connectivity index is 3.31. The van der Waals surface area contributed by atoms with Gasteiger partial charge in [0.25, 0.3) is 0 Å². The Labute approximate surface area is 126 Å². The van der Waals surface area contributed by atoms with Gasteiger partial charge in [-0.1, -0.05) is 29.3 Å². The molecule has 0 saturated heterocycles. The van der Waals surface area contributed by atoms with Gasteiger partial charge in [0.05, 0.1) is 10.0 Å². The largest absolute Gasteiger partial charge is 0.479 e. The van der Waals surface area contributed by atoms with Gasteiger partial charge in [0.2, 0.25) is 5.54 Å². The molecule has 1 aromatic rings. The third kappa shape index (κ3) is 3.42. The van der Waals surface area contributed by atoms with Crippen molar-refractivity contribution in [2.24, 2.45) is 5.73 Å². The molecule has 0 fully saturated rings. The predicted molar refractivity (Wildman–Crippen MR) is 75.8 cm³/mol. The number of carbonyl (C=O) groups excluding carboxylic acids is 1. The van der Waals surface area contributed by atoms with Crippen LogP contribution in [-0.2, 0) is 19.9 Å². The minimum absolute atomic E-state index is 0.00588. The summed E-state index contributed by atoms with van der Waals surface area (Å²) < 4.78 is 5.07. The molecule has 1 atom stereocenters. The van der Waals surface area contributed by atoms with Crippen LogP contribution in [0.4, 0.5) is 0 Å². The number of carboxylic acid groups (broad SMARTS) is 1. The van der Waals surface area contributed by atoms with E-state index in [1.54, 1.807) is 20.8 Å². The molecule has 0 aliphatic rings. The summed E-state index contributed by atoms with van der Waals surface area (Å²) in [5.74, 6) is -2.61. The maximum Gasteiger partial charge on any atom is 0.343 e. The Hall–Kier alpha value is -1.30. The van der Waals surface area contributed by atoms with Gasteiger partial charge >= 0.3 is 11.9 Å². The summed E-state index contributed by atoms with van der Waals surface area (Å²) in [7, 11) is 0. The fourth-order valence-corrected chi connectivity index (χ4v) is 1.73. The summed E-state index contributed by atoms with van der Waals surface area (Å²) >= 11 is 11.6. The van der Waals surface area contributed by atoms with E-state index >= 15 is 0 Å². The van der Waals surface area contributed by atoms with Gasteiger partial charge in [-0.05, 0) is 38.5 Å². The fraction of sp³-hybridized carbons (Fsp3) is 0.385. The van der Waals surface area contributed by atoms with Crippen LogP contribution in [0.3, 0.4) is 0 Å². The Morgan fingerprint density at radius 1 is 1.20 bits per heavy atom. The average molecular weight is 320 g/mol.